The van der Waals surface area contributed by atoms with Crippen molar-refractivity contribution in [1.29, 1.82) is 5.26 Å². The molecule has 0 fully saturated rings. The molecule has 0 atom stereocenters. The molecule has 0 bridgehead atoms. The minimum atomic E-state index is -0.0182. The van der Waals surface area contributed by atoms with Gasteiger partial charge in [-0.05, 0) is 41.5 Å². The summed E-state index contributed by atoms with van der Waals surface area (Å²) in [5.41, 5.74) is 3.77. The summed E-state index contributed by atoms with van der Waals surface area (Å²) in [6, 6.07) is 13.3. The number of ether oxygens (including phenoxy) is 2. The number of carbonyl (C=O) groups excluding carboxylic acids is 1. The normalized spacial score (nSPS) is 10.7. The van der Waals surface area contributed by atoms with Crippen molar-refractivity contribution < 1.29 is 14.3 Å². The second kappa shape index (κ2) is 10.5. The Hall–Kier alpha value is -3.00. The van der Waals surface area contributed by atoms with Crippen molar-refractivity contribution in [2.45, 2.75) is 52.4 Å². The summed E-state index contributed by atoms with van der Waals surface area (Å²) in [4.78, 5) is 12.6. The number of benzene rings is 2. The van der Waals surface area contributed by atoms with Gasteiger partial charge in [-0.15, -0.1) is 0 Å². The zero-order chi connectivity index (χ0) is 21.4. The monoisotopic (exact) mass is 394 g/mol. The van der Waals surface area contributed by atoms with Crippen molar-refractivity contribution in [3.63, 3.8) is 0 Å². The van der Waals surface area contributed by atoms with Gasteiger partial charge >= 0.3 is 0 Å². The lowest BCUT2D eigenvalue weighted by Gasteiger charge is -2.20. The van der Waals surface area contributed by atoms with E-state index >= 15 is 0 Å². The average molecular weight is 395 g/mol. The van der Waals surface area contributed by atoms with Crippen LogP contribution in [0.15, 0.2) is 36.4 Å². The second-order valence-electron chi connectivity index (χ2n) is 7.60. The maximum absolute atomic E-state index is 12.6. The molecule has 0 heterocycles. The largest absolute Gasteiger partial charge is 0.493 e. The van der Waals surface area contributed by atoms with E-state index < -0.39 is 0 Å². The molecule has 29 heavy (non-hydrogen) atoms. The number of para-hydroxylation sites is 1. The Balaban J connectivity index is 1.96. The van der Waals surface area contributed by atoms with Crippen molar-refractivity contribution in [2.75, 3.05) is 19.0 Å². The molecule has 0 unspecified atom stereocenters. The summed E-state index contributed by atoms with van der Waals surface area (Å²) in [5.74, 6) is 1.72. The Bertz CT molecular complexity index is 856. The van der Waals surface area contributed by atoms with Gasteiger partial charge in [-0.2, -0.15) is 5.26 Å². The molecule has 0 aliphatic carbocycles. The topological polar surface area (TPSA) is 71.3 Å². The van der Waals surface area contributed by atoms with Gasteiger partial charge in [0.2, 0.25) is 5.91 Å². The Kier molecular flexibility index (Phi) is 8.09. The van der Waals surface area contributed by atoms with E-state index in [1.165, 1.54) is 7.11 Å². The summed E-state index contributed by atoms with van der Waals surface area (Å²) in [6.45, 7) is 8.92. The third-order valence-electron chi connectivity index (χ3n) is 4.74. The summed E-state index contributed by atoms with van der Waals surface area (Å²) in [6.07, 6.45) is 0.943. The van der Waals surface area contributed by atoms with Crippen LogP contribution in [0.1, 0.15) is 69.1 Å². The van der Waals surface area contributed by atoms with Gasteiger partial charge in [0.05, 0.1) is 25.3 Å². The molecule has 0 radical (unpaired) electrons. The molecule has 2 aromatic rings. The molecule has 0 saturated heterocycles. The molecule has 1 amide bonds. The van der Waals surface area contributed by atoms with E-state index in [9.17, 15) is 4.79 Å². The number of amides is 1. The summed E-state index contributed by atoms with van der Waals surface area (Å²) in [5, 5.41) is 12.1. The summed E-state index contributed by atoms with van der Waals surface area (Å²) in [7, 11) is 1.54. The number of hydrogen-bond acceptors (Lipinski definition) is 4. The minimum absolute atomic E-state index is 0.0182. The van der Waals surface area contributed by atoms with E-state index in [0.29, 0.717) is 48.3 Å². The maximum Gasteiger partial charge on any atom is 0.224 e. The van der Waals surface area contributed by atoms with Gasteiger partial charge in [-0.1, -0.05) is 45.9 Å². The average Bonchev–Trinajstić information content (AvgIpc) is 2.70. The minimum Gasteiger partial charge on any atom is -0.493 e. The van der Waals surface area contributed by atoms with Gasteiger partial charge in [0.25, 0.3) is 0 Å². The summed E-state index contributed by atoms with van der Waals surface area (Å²) < 4.78 is 11.0. The molecule has 0 saturated carbocycles. The number of carbonyl (C=O) groups is 1. The van der Waals surface area contributed by atoms with Gasteiger partial charge in [0.15, 0.2) is 11.5 Å². The fraction of sp³-hybridized carbons (Fsp3) is 0.417. The van der Waals surface area contributed by atoms with E-state index in [1.54, 1.807) is 18.2 Å². The number of nitriles is 1. The molecule has 0 aliphatic rings. The van der Waals surface area contributed by atoms with Crippen LogP contribution in [0.3, 0.4) is 0 Å². The highest BCUT2D eigenvalue weighted by Crippen LogP contribution is 2.32. The maximum atomic E-state index is 12.6. The van der Waals surface area contributed by atoms with Crippen LogP contribution in [0.4, 0.5) is 5.69 Å². The van der Waals surface area contributed by atoms with Crippen LogP contribution < -0.4 is 14.8 Å². The van der Waals surface area contributed by atoms with Crippen LogP contribution in [-0.4, -0.2) is 19.6 Å². The van der Waals surface area contributed by atoms with Gasteiger partial charge in [-0.25, -0.2) is 0 Å². The molecule has 0 aromatic heterocycles. The highest BCUT2D eigenvalue weighted by Gasteiger charge is 2.16. The number of rotatable bonds is 9. The first kappa shape index (κ1) is 22.3. The van der Waals surface area contributed by atoms with Crippen molar-refractivity contribution in [1.82, 2.24) is 0 Å². The highest BCUT2D eigenvalue weighted by molar-refractivity contribution is 5.92. The van der Waals surface area contributed by atoms with E-state index in [4.69, 9.17) is 14.7 Å². The predicted molar refractivity (Wildman–Crippen MR) is 116 cm³/mol. The molecule has 0 spiro atoms. The van der Waals surface area contributed by atoms with Crippen LogP contribution in [0, 0.1) is 11.3 Å². The van der Waals surface area contributed by atoms with E-state index in [2.05, 4.69) is 57.3 Å². The van der Waals surface area contributed by atoms with E-state index in [-0.39, 0.29) is 5.91 Å². The van der Waals surface area contributed by atoms with Gasteiger partial charge < -0.3 is 14.8 Å². The first-order valence-corrected chi connectivity index (χ1v) is 10.0. The van der Waals surface area contributed by atoms with Crippen molar-refractivity contribution in [3.8, 4) is 17.6 Å². The zero-order valence-electron chi connectivity index (χ0n) is 17.9. The van der Waals surface area contributed by atoms with Crippen LogP contribution in [0.25, 0.3) is 0 Å². The Morgan fingerprint density at radius 3 is 2.28 bits per heavy atom. The van der Waals surface area contributed by atoms with E-state index in [0.717, 1.165) is 16.8 Å². The first-order valence-electron chi connectivity index (χ1n) is 10.0. The van der Waals surface area contributed by atoms with Crippen LogP contribution in [0.5, 0.6) is 11.5 Å². The van der Waals surface area contributed by atoms with Crippen LogP contribution >= 0.6 is 0 Å². The van der Waals surface area contributed by atoms with Gasteiger partial charge in [-0.3, -0.25) is 4.79 Å². The van der Waals surface area contributed by atoms with Gasteiger partial charge in [0.1, 0.15) is 0 Å². The SMILES string of the molecule is COc1cc(C#N)ccc1OCCCC(=O)Nc1c(C(C)C)cccc1C(C)C. The molecule has 2 aromatic carbocycles. The first-order chi connectivity index (χ1) is 13.9. The lowest BCUT2D eigenvalue weighted by Crippen LogP contribution is -2.16. The highest BCUT2D eigenvalue weighted by atomic mass is 16.5. The van der Waals surface area contributed by atoms with E-state index in [1.807, 2.05) is 0 Å². The smallest absolute Gasteiger partial charge is 0.224 e. The fourth-order valence-electron chi connectivity index (χ4n) is 3.17. The molecule has 5 heteroatoms. The second-order valence-corrected chi connectivity index (χ2v) is 7.60. The predicted octanol–water partition coefficient (Wildman–Crippen LogP) is 5.61. The molecule has 154 valence electrons. The molecule has 1 N–H and O–H groups in total. The summed E-state index contributed by atoms with van der Waals surface area (Å²) >= 11 is 0. The molecule has 2 rings (SSSR count). The van der Waals surface area contributed by atoms with Crippen molar-refractivity contribution in [2.24, 2.45) is 0 Å². The Morgan fingerprint density at radius 1 is 1.07 bits per heavy atom. The number of hydrogen-bond donors (Lipinski definition) is 1. The Morgan fingerprint density at radius 2 is 1.72 bits per heavy atom. The van der Waals surface area contributed by atoms with Gasteiger partial charge in [0, 0.05) is 18.2 Å². The standard InChI is InChI=1S/C24H30N2O3/c1-16(2)19-8-6-9-20(17(3)4)24(19)26-23(27)10-7-13-29-21-12-11-18(15-25)14-22(21)28-5/h6,8-9,11-12,14,16-17H,7,10,13H2,1-5H3,(H,26,27). The van der Waals surface area contributed by atoms with Crippen molar-refractivity contribution in [3.05, 3.63) is 53.1 Å². The quantitative estimate of drug-likeness (QED) is 0.561. The van der Waals surface area contributed by atoms with Crippen molar-refractivity contribution >= 4 is 11.6 Å². The molecular weight excluding hydrogens is 364 g/mol. The molecular formula is C24H30N2O3. The zero-order valence-corrected chi connectivity index (χ0v) is 17.9. The van der Waals surface area contributed by atoms with Crippen LogP contribution in [-0.2, 0) is 4.79 Å². The van der Waals surface area contributed by atoms with Crippen LogP contribution in [0.2, 0.25) is 0 Å². The number of methoxy groups -OCH3 is 1. The number of nitrogens with one attached hydrogen (secondary N) is 1. The fourth-order valence-corrected chi connectivity index (χ4v) is 3.17. The lowest BCUT2D eigenvalue weighted by atomic mass is 9.92. The third-order valence-corrected chi connectivity index (χ3v) is 4.74. The molecule has 5 nitrogen and oxygen atoms in total. The number of nitrogens with zero attached hydrogens (tertiary/aromatic N) is 1. The molecule has 0 aliphatic heterocycles. The lowest BCUT2D eigenvalue weighted by molar-refractivity contribution is -0.116. The Labute approximate surface area is 173 Å². The number of anilines is 1. The third kappa shape index (κ3) is 5.99.